The van der Waals surface area contributed by atoms with Gasteiger partial charge in [0.25, 0.3) is 0 Å². The first-order valence-electron chi connectivity index (χ1n) is 10.8. The first kappa shape index (κ1) is 17.2. The second-order valence-electron chi connectivity index (χ2n) is 9.52. The fraction of sp³-hybridized carbons (Fsp3) is 0.522. The molecular formula is C23H26N4O2. The maximum atomic E-state index is 13.0. The van der Waals surface area contributed by atoms with Crippen molar-refractivity contribution in [2.75, 3.05) is 0 Å². The van der Waals surface area contributed by atoms with Gasteiger partial charge in [-0.1, -0.05) is 0 Å². The molecule has 6 heteroatoms. The van der Waals surface area contributed by atoms with E-state index >= 15 is 0 Å². The monoisotopic (exact) mass is 390 g/mol. The number of amides is 1. The fourth-order valence-electron chi connectivity index (χ4n) is 6.76. The lowest BCUT2D eigenvalue weighted by atomic mass is 9.53. The lowest BCUT2D eigenvalue weighted by molar-refractivity contribution is -0.127. The van der Waals surface area contributed by atoms with Crippen LogP contribution in [0.2, 0.25) is 0 Å². The van der Waals surface area contributed by atoms with Crippen LogP contribution in [0.4, 0.5) is 0 Å². The molecule has 29 heavy (non-hydrogen) atoms. The van der Waals surface area contributed by atoms with Crippen LogP contribution in [0.1, 0.15) is 44.2 Å². The number of carbonyl (C=O) groups excluding carboxylic acids is 1. The zero-order chi connectivity index (χ0) is 19.6. The number of carbonyl (C=O) groups is 1. The van der Waals surface area contributed by atoms with E-state index in [1.807, 2.05) is 25.1 Å². The molecule has 7 rings (SSSR count). The molecule has 3 heterocycles. The summed E-state index contributed by atoms with van der Waals surface area (Å²) in [6, 6.07) is 5.75. The molecule has 0 radical (unpaired) electrons. The molecular weight excluding hydrogens is 364 g/mol. The summed E-state index contributed by atoms with van der Waals surface area (Å²) in [6.45, 7) is 2.17. The molecule has 3 aromatic heterocycles. The normalized spacial score (nSPS) is 30.2. The third-order valence-electron chi connectivity index (χ3n) is 7.33. The third-order valence-corrected chi connectivity index (χ3v) is 7.33. The van der Waals surface area contributed by atoms with Crippen LogP contribution in [-0.2, 0) is 11.3 Å². The van der Waals surface area contributed by atoms with E-state index in [1.165, 1.54) is 19.3 Å². The molecule has 3 aromatic rings. The van der Waals surface area contributed by atoms with Gasteiger partial charge in [-0.05, 0) is 81.4 Å². The Morgan fingerprint density at radius 2 is 1.93 bits per heavy atom. The summed E-state index contributed by atoms with van der Waals surface area (Å²) >= 11 is 0. The van der Waals surface area contributed by atoms with Crippen molar-refractivity contribution in [3.05, 3.63) is 36.4 Å². The van der Waals surface area contributed by atoms with Crippen LogP contribution in [0.25, 0.3) is 22.4 Å². The summed E-state index contributed by atoms with van der Waals surface area (Å²) in [5.41, 5.74) is 2.58. The highest BCUT2D eigenvalue weighted by Gasteiger charge is 2.51. The minimum absolute atomic E-state index is 0.0244. The largest absolute Gasteiger partial charge is 0.464 e. The van der Waals surface area contributed by atoms with Gasteiger partial charge in [0.15, 0.2) is 5.65 Å². The predicted molar refractivity (Wildman–Crippen MR) is 109 cm³/mol. The maximum absolute atomic E-state index is 13.0. The second kappa shape index (κ2) is 6.18. The fourth-order valence-corrected chi connectivity index (χ4v) is 6.76. The number of fused-ring (bicyclic) bond motifs is 1. The van der Waals surface area contributed by atoms with Crippen molar-refractivity contribution < 1.29 is 9.21 Å². The molecule has 0 saturated heterocycles. The zero-order valence-corrected chi connectivity index (χ0v) is 16.7. The zero-order valence-electron chi connectivity index (χ0n) is 16.7. The number of furan rings is 1. The second-order valence-corrected chi connectivity index (χ2v) is 9.52. The lowest BCUT2D eigenvalue weighted by Gasteiger charge is -2.56. The summed E-state index contributed by atoms with van der Waals surface area (Å²) in [7, 11) is 0. The first-order valence-corrected chi connectivity index (χ1v) is 10.8. The van der Waals surface area contributed by atoms with E-state index in [2.05, 4.69) is 15.4 Å². The van der Waals surface area contributed by atoms with Crippen molar-refractivity contribution >= 4 is 16.9 Å². The number of nitrogens with zero attached hydrogens (tertiary/aromatic N) is 3. The number of rotatable bonds is 4. The summed E-state index contributed by atoms with van der Waals surface area (Å²) < 4.78 is 7.33. The summed E-state index contributed by atoms with van der Waals surface area (Å²) in [6.07, 6.45) is 11.0. The molecule has 150 valence electrons. The molecule has 4 saturated carbocycles. The molecule has 1 N–H and O–H groups in total. The van der Waals surface area contributed by atoms with Gasteiger partial charge < -0.3 is 9.73 Å². The van der Waals surface area contributed by atoms with Gasteiger partial charge in [-0.15, -0.1) is 0 Å². The lowest BCUT2D eigenvalue weighted by Crippen LogP contribution is -2.60. The Labute approximate surface area is 169 Å². The Kier molecular flexibility index (Phi) is 3.68. The Morgan fingerprint density at radius 1 is 1.21 bits per heavy atom. The maximum Gasteiger partial charge on any atom is 0.242 e. The number of pyridine rings is 1. The average Bonchev–Trinajstić information content (AvgIpc) is 3.29. The van der Waals surface area contributed by atoms with Gasteiger partial charge in [-0.2, -0.15) is 5.10 Å². The van der Waals surface area contributed by atoms with Crippen molar-refractivity contribution in [1.29, 1.82) is 0 Å². The smallest absolute Gasteiger partial charge is 0.242 e. The van der Waals surface area contributed by atoms with E-state index in [4.69, 9.17) is 4.42 Å². The molecule has 0 atom stereocenters. The molecule has 4 aliphatic rings. The SMILES string of the molecule is Cc1nn(CC(=O)NC23CC4CC(CC(C4)C2)C3)c2nccc(-c3ccco3)c12. The quantitative estimate of drug-likeness (QED) is 0.728. The summed E-state index contributed by atoms with van der Waals surface area (Å²) in [5.74, 6) is 3.28. The number of hydrogen-bond donors (Lipinski definition) is 1. The topological polar surface area (TPSA) is 73.0 Å². The Morgan fingerprint density at radius 3 is 2.59 bits per heavy atom. The summed E-state index contributed by atoms with van der Waals surface area (Å²) in [5, 5.41) is 9.04. The van der Waals surface area contributed by atoms with Crippen LogP contribution >= 0.6 is 0 Å². The molecule has 0 aromatic carbocycles. The molecule has 1 amide bonds. The van der Waals surface area contributed by atoms with Crippen molar-refractivity contribution in [3.63, 3.8) is 0 Å². The van der Waals surface area contributed by atoms with Crippen molar-refractivity contribution in [3.8, 4) is 11.3 Å². The molecule has 0 aliphatic heterocycles. The van der Waals surface area contributed by atoms with E-state index < -0.39 is 0 Å². The van der Waals surface area contributed by atoms with Gasteiger partial charge in [0.1, 0.15) is 12.3 Å². The van der Waals surface area contributed by atoms with Gasteiger partial charge in [0.05, 0.1) is 17.3 Å². The Bertz CT molecular complexity index is 1050. The van der Waals surface area contributed by atoms with Crippen molar-refractivity contribution in [2.45, 2.75) is 57.5 Å². The molecule has 4 fully saturated rings. The standard InChI is InChI=1S/C23H26N4O2/c1-14-21-18(19-3-2-6-29-19)4-5-24-22(21)27(26-14)13-20(28)25-23-10-15-7-16(11-23)9-17(8-15)12-23/h2-6,15-17H,7-13H2,1H3,(H,25,28). The summed E-state index contributed by atoms with van der Waals surface area (Å²) in [4.78, 5) is 17.6. The van der Waals surface area contributed by atoms with Gasteiger partial charge in [-0.3, -0.25) is 4.79 Å². The molecule has 0 spiro atoms. The predicted octanol–water partition coefficient (Wildman–Crippen LogP) is 4.08. The minimum atomic E-state index is 0.0244. The highest BCUT2D eigenvalue weighted by atomic mass is 16.3. The molecule has 0 unspecified atom stereocenters. The molecule has 6 nitrogen and oxygen atoms in total. The highest BCUT2D eigenvalue weighted by Crippen LogP contribution is 2.55. The van der Waals surface area contributed by atoms with E-state index in [0.717, 1.165) is 65.1 Å². The van der Waals surface area contributed by atoms with E-state index in [-0.39, 0.29) is 18.0 Å². The number of nitrogens with one attached hydrogen (secondary N) is 1. The van der Waals surface area contributed by atoms with Crippen LogP contribution < -0.4 is 5.32 Å². The number of aryl methyl sites for hydroxylation is 1. The average molecular weight is 390 g/mol. The van der Waals surface area contributed by atoms with Gasteiger partial charge in [0, 0.05) is 17.3 Å². The van der Waals surface area contributed by atoms with E-state index in [9.17, 15) is 4.79 Å². The number of hydrogen-bond acceptors (Lipinski definition) is 4. The van der Waals surface area contributed by atoms with Gasteiger partial charge in [-0.25, -0.2) is 9.67 Å². The van der Waals surface area contributed by atoms with Crippen LogP contribution in [-0.4, -0.2) is 26.2 Å². The van der Waals surface area contributed by atoms with E-state index in [0.29, 0.717) is 0 Å². The van der Waals surface area contributed by atoms with Crippen LogP contribution in [0.15, 0.2) is 35.1 Å². The molecule has 4 aliphatic carbocycles. The van der Waals surface area contributed by atoms with Crippen molar-refractivity contribution in [1.82, 2.24) is 20.1 Å². The van der Waals surface area contributed by atoms with Crippen molar-refractivity contribution in [2.24, 2.45) is 17.8 Å². The minimum Gasteiger partial charge on any atom is -0.464 e. The van der Waals surface area contributed by atoms with Crippen LogP contribution in [0, 0.1) is 24.7 Å². The van der Waals surface area contributed by atoms with Crippen LogP contribution in [0.3, 0.4) is 0 Å². The first-order chi connectivity index (χ1) is 14.1. The van der Waals surface area contributed by atoms with Gasteiger partial charge >= 0.3 is 0 Å². The molecule has 4 bridgehead atoms. The highest BCUT2D eigenvalue weighted by molar-refractivity contribution is 5.93. The van der Waals surface area contributed by atoms with Crippen LogP contribution in [0.5, 0.6) is 0 Å². The Balaban J connectivity index is 1.27. The van der Waals surface area contributed by atoms with Gasteiger partial charge in [0.2, 0.25) is 5.91 Å². The van der Waals surface area contributed by atoms with E-state index in [1.54, 1.807) is 17.1 Å². The number of aromatic nitrogens is 3. The Hall–Kier alpha value is -2.63. The third kappa shape index (κ3) is 2.80.